The number of nitrogens with zero attached hydrogens (tertiary/aromatic N) is 1. The number of nitrogens with one attached hydrogen (secondary N) is 2. The van der Waals surface area contributed by atoms with E-state index < -0.39 is 11.6 Å². The molecule has 6 nitrogen and oxygen atoms in total. The van der Waals surface area contributed by atoms with E-state index in [2.05, 4.69) is 10.6 Å². The van der Waals surface area contributed by atoms with Crippen LogP contribution in [0.5, 0.6) is 0 Å². The van der Waals surface area contributed by atoms with Crippen LogP contribution in [0.4, 0.5) is 4.79 Å². The lowest BCUT2D eigenvalue weighted by atomic mass is 9.89. The maximum absolute atomic E-state index is 11.6. The second-order valence-corrected chi connectivity index (χ2v) is 4.46. The number of hydrogen-bond donors (Lipinski definition) is 2. The molecule has 0 aromatic rings. The molecule has 0 unspecified atom stereocenters. The summed E-state index contributed by atoms with van der Waals surface area (Å²) in [6.45, 7) is 0.639. The number of urea groups is 1. The average molecular weight is 209 g/mol. The molecule has 3 aliphatic rings. The normalized spacial score (nSPS) is 27.3. The monoisotopic (exact) mass is 209 g/mol. The zero-order valence-corrected chi connectivity index (χ0v) is 8.08. The van der Waals surface area contributed by atoms with Gasteiger partial charge in [-0.3, -0.25) is 14.9 Å². The molecule has 0 bridgehead atoms. The van der Waals surface area contributed by atoms with Crippen LogP contribution in [0.1, 0.15) is 12.8 Å². The highest BCUT2D eigenvalue weighted by Crippen LogP contribution is 2.35. The van der Waals surface area contributed by atoms with E-state index in [1.165, 1.54) is 0 Å². The molecule has 0 aromatic heterocycles. The van der Waals surface area contributed by atoms with Gasteiger partial charge in [0.1, 0.15) is 0 Å². The van der Waals surface area contributed by atoms with Crippen LogP contribution in [0.25, 0.3) is 0 Å². The Morgan fingerprint density at radius 3 is 2.47 bits per heavy atom. The Kier molecular flexibility index (Phi) is 1.45. The van der Waals surface area contributed by atoms with Crippen molar-refractivity contribution in [2.45, 2.75) is 18.4 Å². The van der Waals surface area contributed by atoms with Gasteiger partial charge >= 0.3 is 6.03 Å². The number of imide groups is 1. The van der Waals surface area contributed by atoms with Crippen molar-refractivity contribution in [2.24, 2.45) is 5.92 Å². The van der Waals surface area contributed by atoms with Crippen LogP contribution >= 0.6 is 0 Å². The van der Waals surface area contributed by atoms with Crippen LogP contribution in [-0.2, 0) is 9.59 Å². The summed E-state index contributed by atoms with van der Waals surface area (Å²) in [5, 5.41) is 4.75. The fourth-order valence-electron chi connectivity index (χ4n) is 2.10. The molecule has 2 saturated heterocycles. The van der Waals surface area contributed by atoms with Gasteiger partial charge in [-0.05, 0) is 12.8 Å². The van der Waals surface area contributed by atoms with E-state index in [0.717, 1.165) is 12.8 Å². The van der Waals surface area contributed by atoms with Crippen molar-refractivity contribution in [2.75, 3.05) is 13.1 Å². The van der Waals surface area contributed by atoms with Crippen molar-refractivity contribution in [1.82, 2.24) is 15.5 Å². The molecule has 4 amide bonds. The van der Waals surface area contributed by atoms with Gasteiger partial charge in [0.05, 0.1) is 13.1 Å². The Hall–Kier alpha value is -1.59. The minimum Gasteiger partial charge on any atom is -0.337 e. The van der Waals surface area contributed by atoms with Crippen molar-refractivity contribution < 1.29 is 14.4 Å². The molecule has 2 heterocycles. The Balaban J connectivity index is 1.67. The molecule has 0 radical (unpaired) electrons. The maximum Gasteiger partial charge on any atom is 0.322 e. The van der Waals surface area contributed by atoms with Gasteiger partial charge in [-0.1, -0.05) is 0 Å². The van der Waals surface area contributed by atoms with Gasteiger partial charge in [-0.15, -0.1) is 0 Å². The maximum atomic E-state index is 11.6. The third-order valence-corrected chi connectivity index (χ3v) is 3.17. The Morgan fingerprint density at radius 2 is 2.00 bits per heavy atom. The van der Waals surface area contributed by atoms with Gasteiger partial charge in [-0.2, -0.15) is 0 Å². The number of likely N-dealkylation sites (tertiary alicyclic amines) is 1. The fourth-order valence-corrected chi connectivity index (χ4v) is 2.10. The molecule has 1 spiro atoms. The predicted octanol–water partition coefficient (Wildman–Crippen LogP) is -1.18. The van der Waals surface area contributed by atoms with Crippen molar-refractivity contribution in [3.63, 3.8) is 0 Å². The second kappa shape index (κ2) is 2.50. The summed E-state index contributed by atoms with van der Waals surface area (Å²) in [7, 11) is 0. The van der Waals surface area contributed by atoms with Crippen LogP contribution in [0.3, 0.4) is 0 Å². The van der Waals surface area contributed by atoms with Gasteiger partial charge < -0.3 is 10.2 Å². The van der Waals surface area contributed by atoms with Crippen LogP contribution in [0.15, 0.2) is 0 Å². The topological polar surface area (TPSA) is 78.5 Å². The molecule has 2 N–H and O–H groups in total. The SMILES string of the molecule is O=C1NC(=O)C2(CN(C(=O)C3CC3)C2)N1. The highest BCUT2D eigenvalue weighted by Gasteiger charge is 2.57. The number of amides is 4. The summed E-state index contributed by atoms with van der Waals surface area (Å²) >= 11 is 0. The van der Waals surface area contributed by atoms with Gasteiger partial charge in [-0.25, -0.2) is 4.79 Å². The minimum atomic E-state index is -0.832. The first kappa shape index (κ1) is 8.70. The summed E-state index contributed by atoms with van der Waals surface area (Å²) in [5.74, 6) is -0.0237. The van der Waals surface area contributed by atoms with E-state index in [1.807, 2.05) is 0 Å². The molecule has 1 saturated carbocycles. The van der Waals surface area contributed by atoms with Crippen LogP contribution < -0.4 is 10.6 Å². The Morgan fingerprint density at radius 1 is 1.33 bits per heavy atom. The minimum absolute atomic E-state index is 0.120. The summed E-state index contributed by atoms with van der Waals surface area (Å²) in [5.41, 5.74) is -0.832. The van der Waals surface area contributed by atoms with E-state index in [-0.39, 0.29) is 17.7 Å². The lowest BCUT2D eigenvalue weighted by molar-refractivity contribution is -0.145. The summed E-state index contributed by atoms with van der Waals surface area (Å²) in [6, 6.07) is -0.460. The van der Waals surface area contributed by atoms with Crippen LogP contribution in [0, 0.1) is 5.92 Å². The van der Waals surface area contributed by atoms with Crippen molar-refractivity contribution in [1.29, 1.82) is 0 Å². The third-order valence-electron chi connectivity index (χ3n) is 3.17. The molecule has 1 aliphatic carbocycles. The first-order valence-electron chi connectivity index (χ1n) is 5.03. The highest BCUT2D eigenvalue weighted by atomic mass is 16.2. The quantitative estimate of drug-likeness (QED) is 0.533. The molecule has 0 aromatic carbocycles. The van der Waals surface area contributed by atoms with E-state index in [4.69, 9.17) is 0 Å². The first-order valence-corrected chi connectivity index (χ1v) is 5.03. The molecule has 2 aliphatic heterocycles. The van der Waals surface area contributed by atoms with Gasteiger partial charge in [0.2, 0.25) is 5.91 Å². The average Bonchev–Trinajstić information content (AvgIpc) is 2.88. The summed E-state index contributed by atoms with van der Waals surface area (Å²) in [4.78, 5) is 35.6. The van der Waals surface area contributed by atoms with Crippen LogP contribution in [0.2, 0.25) is 0 Å². The number of carbonyl (C=O) groups is 3. The largest absolute Gasteiger partial charge is 0.337 e. The van der Waals surface area contributed by atoms with Crippen molar-refractivity contribution in [3.05, 3.63) is 0 Å². The number of hydrogen-bond acceptors (Lipinski definition) is 3. The third kappa shape index (κ3) is 1.14. The number of rotatable bonds is 1. The van der Waals surface area contributed by atoms with E-state index in [9.17, 15) is 14.4 Å². The van der Waals surface area contributed by atoms with E-state index >= 15 is 0 Å². The summed E-state index contributed by atoms with van der Waals surface area (Å²) < 4.78 is 0. The second-order valence-electron chi connectivity index (χ2n) is 4.46. The molecular formula is C9H11N3O3. The summed E-state index contributed by atoms with van der Waals surface area (Å²) in [6.07, 6.45) is 1.92. The predicted molar refractivity (Wildman–Crippen MR) is 48.7 cm³/mol. The van der Waals surface area contributed by atoms with E-state index in [0.29, 0.717) is 13.1 Å². The Labute approximate surface area is 86.0 Å². The smallest absolute Gasteiger partial charge is 0.322 e. The fraction of sp³-hybridized carbons (Fsp3) is 0.667. The first-order chi connectivity index (χ1) is 7.11. The van der Waals surface area contributed by atoms with Crippen molar-refractivity contribution >= 4 is 17.8 Å². The van der Waals surface area contributed by atoms with Crippen LogP contribution in [-0.4, -0.2) is 41.4 Å². The lowest BCUT2D eigenvalue weighted by Gasteiger charge is -2.45. The number of carbonyl (C=O) groups excluding carboxylic acids is 3. The van der Waals surface area contributed by atoms with Crippen molar-refractivity contribution in [3.8, 4) is 0 Å². The van der Waals surface area contributed by atoms with E-state index in [1.54, 1.807) is 4.90 Å². The van der Waals surface area contributed by atoms with Gasteiger partial charge in [0.25, 0.3) is 5.91 Å². The zero-order chi connectivity index (χ0) is 10.6. The standard InChI is InChI=1S/C9H11N3O3/c13-6(5-1-2-5)12-3-9(4-12)7(14)10-8(15)11-9/h5H,1-4H2,(H2,10,11,14,15). The van der Waals surface area contributed by atoms with Gasteiger partial charge in [0.15, 0.2) is 5.54 Å². The molecule has 80 valence electrons. The molecule has 3 fully saturated rings. The molecule has 6 heteroatoms. The zero-order valence-electron chi connectivity index (χ0n) is 8.08. The Bertz CT molecular complexity index is 369. The van der Waals surface area contributed by atoms with Gasteiger partial charge in [0, 0.05) is 5.92 Å². The molecule has 0 atom stereocenters. The molecule has 15 heavy (non-hydrogen) atoms. The lowest BCUT2D eigenvalue weighted by Crippen LogP contribution is -2.72. The highest BCUT2D eigenvalue weighted by molar-refractivity contribution is 6.08. The molecule has 3 rings (SSSR count). The molecular weight excluding hydrogens is 198 g/mol.